The Morgan fingerprint density at radius 2 is 1.38 bits per heavy atom. The van der Waals surface area contributed by atoms with Gasteiger partial charge in [-0.05, 0) is 96.2 Å². The molecule has 5 rings (SSSR count). The van der Waals surface area contributed by atoms with Crippen molar-refractivity contribution in [3.63, 3.8) is 0 Å². The lowest BCUT2D eigenvalue weighted by Gasteiger charge is -2.72. The molecule has 5 aliphatic rings. The minimum Gasteiger partial charge on any atom is -0.361 e. The molecule has 4 nitrogen and oxygen atoms in total. The third kappa shape index (κ3) is 2.81. The zero-order valence-corrected chi connectivity index (χ0v) is 23.0. The lowest BCUT2D eigenvalue weighted by Crippen LogP contribution is -2.75. The molecule has 4 fully saturated rings. The molecular formula is C30H50O4. The van der Waals surface area contributed by atoms with E-state index < -0.39 is 17.0 Å². The van der Waals surface area contributed by atoms with Crippen LogP contribution in [0.5, 0.6) is 0 Å². The maximum absolute atomic E-state index is 11.0. The molecule has 34 heavy (non-hydrogen) atoms. The van der Waals surface area contributed by atoms with Gasteiger partial charge in [-0.3, -0.25) is 0 Å². The second-order valence-corrected chi connectivity index (χ2v) is 15.8. The van der Waals surface area contributed by atoms with Gasteiger partial charge in [-0.1, -0.05) is 67.0 Å². The van der Waals surface area contributed by atoms with Gasteiger partial charge in [0.15, 0.2) is 0 Å². The zero-order chi connectivity index (χ0) is 25.4. The molecule has 0 radical (unpaired) electrons. The van der Waals surface area contributed by atoms with E-state index in [9.17, 15) is 20.4 Å². The second-order valence-electron chi connectivity index (χ2n) is 15.8. The molecule has 0 spiro atoms. The smallest absolute Gasteiger partial charge is 0.223 e. The van der Waals surface area contributed by atoms with E-state index in [1.165, 1.54) is 32.1 Å². The van der Waals surface area contributed by atoms with Gasteiger partial charge in [0, 0.05) is 11.8 Å². The maximum Gasteiger partial charge on any atom is 0.223 e. The second kappa shape index (κ2) is 6.71. The minimum atomic E-state index is -2.53. The first kappa shape index (κ1) is 25.2. The van der Waals surface area contributed by atoms with E-state index in [0.717, 1.165) is 19.3 Å². The van der Waals surface area contributed by atoms with E-state index in [0.29, 0.717) is 16.7 Å². The molecule has 1 unspecified atom stereocenters. The average Bonchev–Trinajstić information content (AvgIpc) is 2.68. The van der Waals surface area contributed by atoms with Crippen LogP contribution in [0.15, 0.2) is 11.6 Å². The first-order valence-corrected chi connectivity index (χ1v) is 13.9. The van der Waals surface area contributed by atoms with Crippen molar-refractivity contribution < 1.29 is 20.4 Å². The van der Waals surface area contributed by atoms with Gasteiger partial charge in [-0.25, -0.2) is 0 Å². The SMILES string of the molecule is CC1(C)CC[C@]2(C)CC[C@]3(C)C(=CC[C@@H]4[C@@]5(C)CC(O)(O)C(O)(O)C(C)(C)C5CC[C@]43C)[C@H]2C1. The molecule has 0 aromatic rings. The van der Waals surface area contributed by atoms with Crippen LogP contribution in [0, 0.1) is 50.2 Å². The summed E-state index contributed by atoms with van der Waals surface area (Å²) in [5, 5.41) is 43.9. The van der Waals surface area contributed by atoms with Crippen molar-refractivity contribution in [1.29, 1.82) is 0 Å². The number of allylic oxidation sites excluding steroid dienone is 2. The molecular weight excluding hydrogens is 424 g/mol. The van der Waals surface area contributed by atoms with Crippen molar-refractivity contribution in [1.82, 2.24) is 0 Å². The van der Waals surface area contributed by atoms with E-state index in [-0.39, 0.29) is 34.5 Å². The third-order valence-electron chi connectivity index (χ3n) is 13.3. The molecule has 0 saturated heterocycles. The van der Waals surface area contributed by atoms with Crippen LogP contribution in [0.4, 0.5) is 0 Å². The molecule has 0 aromatic heterocycles. The molecule has 0 heterocycles. The van der Waals surface area contributed by atoms with Crippen LogP contribution in [-0.4, -0.2) is 32.0 Å². The molecule has 7 atom stereocenters. The quantitative estimate of drug-likeness (QED) is 0.265. The van der Waals surface area contributed by atoms with Gasteiger partial charge in [-0.15, -0.1) is 0 Å². The summed E-state index contributed by atoms with van der Waals surface area (Å²) >= 11 is 0. The lowest BCUT2D eigenvalue weighted by molar-refractivity contribution is -0.443. The normalized spacial score (nSPS) is 52.4. The van der Waals surface area contributed by atoms with Crippen molar-refractivity contribution in [2.75, 3.05) is 0 Å². The Morgan fingerprint density at radius 1 is 0.765 bits per heavy atom. The Labute approximate surface area is 207 Å². The molecule has 0 amide bonds. The number of aliphatic hydroxyl groups is 4. The minimum absolute atomic E-state index is 0.00871. The van der Waals surface area contributed by atoms with Gasteiger partial charge in [0.2, 0.25) is 11.6 Å². The zero-order valence-electron chi connectivity index (χ0n) is 23.0. The van der Waals surface area contributed by atoms with Gasteiger partial charge < -0.3 is 20.4 Å². The van der Waals surface area contributed by atoms with Crippen molar-refractivity contribution in [3.05, 3.63) is 11.6 Å². The fraction of sp³-hybridized carbons (Fsp3) is 0.933. The Hall–Kier alpha value is -0.420. The fourth-order valence-electron chi connectivity index (χ4n) is 10.7. The van der Waals surface area contributed by atoms with Crippen molar-refractivity contribution >= 4 is 0 Å². The maximum atomic E-state index is 11.0. The summed E-state index contributed by atoms with van der Waals surface area (Å²) in [5.74, 6) is -4.12. The van der Waals surface area contributed by atoms with Crippen LogP contribution >= 0.6 is 0 Å². The molecule has 5 aliphatic carbocycles. The van der Waals surface area contributed by atoms with Crippen molar-refractivity contribution in [2.45, 2.75) is 125 Å². The van der Waals surface area contributed by atoms with E-state index in [1.54, 1.807) is 5.57 Å². The summed E-state index contributed by atoms with van der Waals surface area (Å²) in [6.45, 7) is 18.3. The average molecular weight is 475 g/mol. The number of rotatable bonds is 0. The van der Waals surface area contributed by atoms with E-state index in [1.807, 2.05) is 13.8 Å². The highest BCUT2D eigenvalue weighted by Gasteiger charge is 2.74. The predicted octanol–water partition coefficient (Wildman–Crippen LogP) is 5.78. The van der Waals surface area contributed by atoms with Crippen molar-refractivity contribution in [3.8, 4) is 0 Å². The predicted molar refractivity (Wildman–Crippen MR) is 134 cm³/mol. The molecule has 0 aromatic carbocycles. The summed E-state index contributed by atoms with van der Waals surface area (Å²) in [5.41, 5.74) is 1.24. The van der Waals surface area contributed by atoms with Crippen molar-refractivity contribution in [2.24, 2.45) is 50.2 Å². The largest absolute Gasteiger partial charge is 0.361 e. The summed E-state index contributed by atoms with van der Waals surface area (Å²) < 4.78 is 0. The van der Waals surface area contributed by atoms with Crippen LogP contribution in [0.3, 0.4) is 0 Å². The number of hydrogen-bond acceptors (Lipinski definition) is 4. The van der Waals surface area contributed by atoms with Crippen LogP contribution in [0.2, 0.25) is 0 Å². The number of hydrogen-bond donors (Lipinski definition) is 4. The summed E-state index contributed by atoms with van der Waals surface area (Å²) in [4.78, 5) is 0. The van der Waals surface area contributed by atoms with Crippen LogP contribution in [0.25, 0.3) is 0 Å². The topological polar surface area (TPSA) is 80.9 Å². The highest BCUT2D eigenvalue weighted by molar-refractivity contribution is 5.34. The Kier molecular flexibility index (Phi) is 4.98. The Balaban J connectivity index is 1.61. The van der Waals surface area contributed by atoms with E-state index in [2.05, 4.69) is 47.6 Å². The monoisotopic (exact) mass is 474 g/mol. The standard InChI is InChI=1S/C30H50O4/c1-23(2)13-14-25(5)15-16-27(7)19(20(25)17-23)9-10-22-26(6)18-29(31,32)30(33,34)24(3,4)21(26)11-12-28(22,27)8/h9,20-22,31-34H,10-18H2,1-8H3/t20-,21?,22-,25-,26+,27-,28-/m1/s1. The summed E-state index contributed by atoms with van der Waals surface area (Å²) in [6.07, 6.45) is 11.9. The van der Waals surface area contributed by atoms with Crippen LogP contribution in [0.1, 0.15) is 113 Å². The van der Waals surface area contributed by atoms with Gasteiger partial charge in [0.25, 0.3) is 0 Å². The molecule has 0 bridgehead atoms. The van der Waals surface area contributed by atoms with Gasteiger partial charge in [-0.2, -0.15) is 0 Å². The summed E-state index contributed by atoms with van der Waals surface area (Å²) in [6, 6.07) is 0. The van der Waals surface area contributed by atoms with E-state index >= 15 is 0 Å². The van der Waals surface area contributed by atoms with E-state index in [4.69, 9.17) is 0 Å². The third-order valence-corrected chi connectivity index (χ3v) is 13.3. The molecule has 4 heteroatoms. The molecule has 194 valence electrons. The van der Waals surface area contributed by atoms with Crippen LogP contribution in [-0.2, 0) is 0 Å². The number of fused-ring (bicyclic) bond motifs is 7. The van der Waals surface area contributed by atoms with Gasteiger partial charge in [0.05, 0.1) is 0 Å². The highest BCUT2D eigenvalue weighted by atomic mass is 16.6. The molecule has 4 N–H and O–H groups in total. The highest BCUT2D eigenvalue weighted by Crippen LogP contribution is 2.76. The Bertz CT molecular complexity index is 915. The first-order valence-electron chi connectivity index (χ1n) is 13.9. The van der Waals surface area contributed by atoms with Gasteiger partial charge >= 0.3 is 0 Å². The summed E-state index contributed by atoms with van der Waals surface area (Å²) in [7, 11) is 0. The van der Waals surface area contributed by atoms with Crippen LogP contribution < -0.4 is 0 Å². The fourth-order valence-corrected chi connectivity index (χ4v) is 10.7. The molecule has 0 aliphatic heterocycles. The Morgan fingerprint density at radius 3 is 2.03 bits per heavy atom. The lowest BCUT2D eigenvalue weighted by atomic mass is 9.33. The first-order chi connectivity index (χ1) is 15.3. The van der Waals surface area contributed by atoms with Gasteiger partial charge in [0.1, 0.15) is 0 Å². The molecule has 4 saturated carbocycles.